The first-order valence-electron chi connectivity index (χ1n) is 6.87. The Hall–Kier alpha value is -2.40. The Morgan fingerprint density at radius 1 is 1.24 bits per heavy atom. The van der Waals surface area contributed by atoms with Crippen molar-refractivity contribution in [2.75, 3.05) is 6.61 Å². The number of hydrogen-bond acceptors (Lipinski definition) is 4. The summed E-state index contributed by atoms with van der Waals surface area (Å²) in [5.41, 5.74) is 1.87. The fourth-order valence-electron chi connectivity index (χ4n) is 2.22. The van der Waals surface area contributed by atoms with Crippen molar-refractivity contribution < 1.29 is 9.84 Å². The number of aliphatic hydroxyl groups excluding tert-OH is 1. The van der Waals surface area contributed by atoms with Gasteiger partial charge in [0.05, 0.1) is 12.1 Å². The van der Waals surface area contributed by atoms with Crippen LogP contribution in [0.25, 0.3) is 10.9 Å². The van der Waals surface area contributed by atoms with Crippen molar-refractivity contribution >= 4 is 10.9 Å². The predicted molar refractivity (Wildman–Crippen MR) is 80.2 cm³/mol. The zero-order valence-electron chi connectivity index (χ0n) is 11.8. The average molecular weight is 283 g/mol. The normalized spacial score (nSPS) is 12.5. The Kier molecular flexibility index (Phi) is 3.83. The maximum Gasteiger partial charge on any atom is 0.128 e. The molecule has 0 aliphatic carbocycles. The number of aromatic nitrogens is 3. The molecule has 5 heteroatoms. The van der Waals surface area contributed by atoms with Crippen LogP contribution in [-0.2, 0) is 6.54 Å². The van der Waals surface area contributed by atoms with E-state index >= 15 is 0 Å². The summed E-state index contributed by atoms with van der Waals surface area (Å²) in [6, 6.07) is 11.5. The van der Waals surface area contributed by atoms with Gasteiger partial charge in [-0.2, -0.15) is 5.10 Å². The topological polar surface area (TPSA) is 60.2 Å². The molecule has 3 aromatic rings. The first-order valence-corrected chi connectivity index (χ1v) is 6.87. The van der Waals surface area contributed by atoms with Crippen molar-refractivity contribution in [3.8, 4) is 5.75 Å². The number of benzene rings is 1. The van der Waals surface area contributed by atoms with Crippen molar-refractivity contribution in [2.45, 2.75) is 19.6 Å². The van der Waals surface area contributed by atoms with Gasteiger partial charge in [0.15, 0.2) is 0 Å². The minimum atomic E-state index is -0.612. The molecule has 2 heterocycles. The van der Waals surface area contributed by atoms with Crippen LogP contribution < -0.4 is 4.74 Å². The van der Waals surface area contributed by atoms with Gasteiger partial charge < -0.3 is 9.84 Å². The molecule has 0 spiro atoms. The van der Waals surface area contributed by atoms with E-state index in [1.54, 1.807) is 10.9 Å². The number of aryl methyl sites for hydroxylation is 1. The van der Waals surface area contributed by atoms with Gasteiger partial charge in [-0.15, -0.1) is 0 Å². The van der Waals surface area contributed by atoms with Gasteiger partial charge in [-0.05, 0) is 37.3 Å². The van der Waals surface area contributed by atoms with Crippen LogP contribution >= 0.6 is 0 Å². The van der Waals surface area contributed by atoms with Crippen LogP contribution in [0.2, 0.25) is 0 Å². The average Bonchev–Trinajstić information content (AvgIpc) is 2.97. The van der Waals surface area contributed by atoms with E-state index in [2.05, 4.69) is 10.1 Å². The molecule has 0 fully saturated rings. The summed E-state index contributed by atoms with van der Waals surface area (Å²) < 4.78 is 7.42. The van der Waals surface area contributed by atoms with Crippen LogP contribution in [0.15, 0.2) is 48.8 Å². The molecule has 0 aliphatic heterocycles. The summed E-state index contributed by atoms with van der Waals surface area (Å²) in [6.07, 6.45) is 2.89. The second-order valence-corrected chi connectivity index (χ2v) is 4.97. The molecule has 1 aromatic carbocycles. The second kappa shape index (κ2) is 5.93. The molecule has 1 unspecified atom stereocenters. The van der Waals surface area contributed by atoms with E-state index in [0.717, 1.165) is 22.3 Å². The minimum absolute atomic E-state index is 0.215. The van der Waals surface area contributed by atoms with Gasteiger partial charge in [0, 0.05) is 23.5 Å². The SMILES string of the molecule is Cc1ccc2c(OCC(O)Cn3cccn3)cccc2n1. The Morgan fingerprint density at radius 3 is 2.95 bits per heavy atom. The molecule has 0 saturated heterocycles. The number of hydrogen-bond donors (Lipinski definition) is 1. The Bertz CT molecular complexity index is 725. The lowest BCUT2D eigenvalue weighted by Crippen LogP contribution is -2.23. The molecular weight excluding hydrogens is 266 g/mol. The highest BCUT2D eigenvalue weighted by Crippen LogP contribution is 2.24. The van der Waals surface area contributed by atoms with Crippen LogP contribution in [0, 0.1) is 6.92 Å². The first-order chi connectivity index (χ1) is 10.2. The maximum atomic E-state index is 10.00. The Labute approximate surface area is 122 Å². The van der Waals surface area contributed by atoms with E-state index in [-0.39, 0.29) is 6.61 Å². The zero-order chi connectivity index (χ0) is 14.7. The first kappa shape index (κ1) is 13.6. The molecule has 0 aliphatic rings. The fraction of sp³-hybridized carbons (Fsp3) is 0.250. The van der Waals surface area contributed by atoms with Crippen molar-refractivity contribution in [2.24, 2.45) is 0 Å². The molecule has 0 radical (unpaired) electrons. The lowest BCUT2D eigenvalue weighted by Gasteiger charge is -2.14. The largest absolute Gasteiger partial charge is 0.490 e. The summed E-state index contributed by atoms with van der Waals surface area (Å²) in [7, 11) is 0. The van der Waals surface area contributed by atoms with E-state index in [4.69, 9.17) is 4.74 Å². The lowest BCUT2D eigenvalue weighted by atomic mass is 10.2. The van der Waals surface area contributed by atoms with E-state index < -0.39 is 6.10 Å². The molecule has 2 aromatic heterocycles. The Balaban J connectivity index is 1.70. The number of nitrogens with zero attached hydrogens (tertiary/aromatic N) is 3. The molecule has 1 N–H and O–H groups in total. The smallest absolute Gasteiger partial charge is 0.128 e. The van der Waals surface area contributed by atoms with E-state index in [1.807, 2.05) is 49.5 Å². The van der Waals surface area contributed by atoms with E-state index in [9.17, 15) is 5.11 Å². The van der Waals surface area contributed by atoms with Crippen LogP contribution in [0.1, 0.15) is 5.69 Å². The zero-order valence-corrected chi connectivity index (χ0v) is 11.8. The van der Waals surface area contributed by atoms with Crippen LogP contribution in [-0.4, -0.2) is 32.6 Å². The number of rotatable bonds is 5. The molecular formula is C16H17N3O2. The van der Waals surface area contributed by atoms with Gasteiger partial charge in [-0.25, -0.2) is 0 Å². The van der Waals surface area contributed by atoms with Gasteiger partial charge >= 0.3 is 0 Å². The number of ether oxygens (including phenoxy) is 1. The number of aliphatic hydroxyl groups is 1. The molecule has 21 heavy (non-hydrogen) atoms. The highest BCUT2D eigenvalue weighted by molar-refractivity contribution is 5.85. The molecule has 5 nitrogen and oxygen atoms in total. The summed E-state index contributed by atoms with van der Waals surface area (Å²) in [5.74, 6) is 0.736. The molecule has 0 bridgehead atoms. The van der Waals surface area contributed by atoms with Crippen molar-refractivity contribution in [3.63, 3.8) is 0 Å². The maximum absolute atomic E-state index is 10.00. The monoisotopic (exact) mass is 283 g/mol. The molecule has 0 saturated carbocycles. The van der Waals surface area contributed by atoms with E-state index in [1.165, 1.54) is 0 Å². The van der Waals surface area contributed by atoms with Crippen LogP contribution in [0.5, 0.6) is 5.75 Å². The molecule has 108 valence electrons. The molecule has 1 atom stereocenters. The third-order valence-corrected chi connectivity index (χ3v) is 3.22. The fourth-order valence-corrected chi connectivity index (χ4v) is 2.22. The third kappa shape index (κ3) is 3.20. The van der Waals surface area contributed by atoms with Crippen LogP contribution in [0.3, 0.4) is 0 Å². The predicted octanol–water partition coefficient (Wildman–Crippen LogP) is 2.18. The highest BCUT2D eigenvalue weighted by Gasteiger charge is 2.09. The van der Waals surface area contributed by atoms with Gasteiger partial charge in [0.25, 0.3) is 0 Å². The van der Waals surface area contributed by atoms with Crippen molar-refractivity contribution in [1.29, 1.82) is 0 Å². The Morgan fingerprint density at radius 2 is 2.14 bits per heavy atom. The summed E-state index contributed by atoms with van der Waals surface area (Å²) >= 11 is 0. The van der Waals surface area contributed by atoms with Crippen LogP contribution in [0.4, 0.5) is 0 Å². The van der Waals surface area contributed by atoms with Crippen molar-refractivity contribution in [1.82, 2.24) is 14.8 Å². The summed E-state index contributed by atoms with van der Waals surface area (Å²) in [4.78, 5) is 4.47. The number of fused-ring (bicyclic) bond motifs is 1. The molecule has 0 amide bonds. The highest BCUT2D eigenvalue weighted by atomic mass is 16.5. The van der Waals surface area contributed by atoms with Crippen molar-refractivity contribution in [3.05, 3.63) is 54.5 Å². The standard InChI is InChI=1S/C16H17N3O2/c1-12-6-7-14-15(18-12)4-2-5-16(14)21-11-13(20)10-19-9-3-8-17-19/h2-9,13,20H,10-11H2,1H3. The summed E-state index contributed by atoms with van der Waals surface area (Å²) in [5, 5.41) is 15.0. The summed E-state index contributed by atoms with van der Waals surface area (Å²) in [6.45, 7) is 2.59. The molecule has 3 rings (SSSR count). The quantitative estimate of drug-likeness (QED) is 0.779. The van der Waals surface area contributed by atoms with E-state index in [0.29, 0.717) is 6.54 Å². The van der Waals surface area contributed by atoms with Gasteiger partial charge in [0.2, 0.25) is 0 Å². The lowest BCUT2D eigenvalue weighted by molar-refractivity contribution is 0.0900. The minimum Gasteiger partial charge on any atom is -0.490 e. The second-order valence-electron chi connectivity index (χ2n) is 4.97. The third-order valence-electron chi connectivity index (χ3n) is 3.22. The van der Waals surface area contributed by atoms with Gasteiger partial charge in [0.1, 0.15) is 18.5 Å². The van der Waals surface area contributed by atoms with Gasteiger partial charge in [-0.3, -0.25) is 9.67 Å². The van der Waals surface area contributed by atoms with Gasteiger partial charge in [-0.1, -0.05) is 6.07 Å². The number of pyridine rings is 1.